The minimum Gasteiger partial charge on any atom is -0.450 e. The molecule has 0 radical (unpaired) electrons. The zero-order valence-electron chi connectivity index (χ0n) is 15.6. The van der Waals surface area contributed by atoms with Gasteiger partial charge < -0.3 is 4.42 Å². The molecule has 4 aromatic rings. The number of benzene rings is 3. The van der Waals surface area contributed by atoms with Crippen LogP contribution in [0.15, 0.2) is 86.5 Å². The Morgan fingerprint density at radius 2 is 1.69 bits per heavy atom. The molecule has 0 saturated carbocycles. The maximum absolute atomic E-state index is 13.4. The molecule has 4 nitrogen and oxygen atoms in total. The number of hydrogen-bond donors (Lipinski definition) is 0. The van der Waals surface area contributed by atoms with Crippen LogP contribution in [-0.2, 0) is 0 Å². The predicted octanol–water partition coefficient (Wildman–Crippen LogP) is 5.61. The van der Waals surface area contributed by atoms with E-state index >= 15 is 0 Å². The van der Waals surface area contributed by atoms with Crippen molar-refractivity contribution < 1.29 is 9.21 Å². The molecule has 0 aliphatic carbocycles. The molecule has 0 saturated heterocycles. The summed E-state index contributed by atoms with van der Waals surface area (Å²) in [6.07, 6.45) is 0. The second-order valence-electron chi connectivity index (χ2n) is 7.14. The number of carbonyl (C=O) groups excluding carboxylic acids is 1. The molecule has 1 aliphatic heterocycles. The smallest absolute Gasteiger partial charge is 0.295 e. The molecule has 1 amide bonds. The summed E-state index contributed by atoms with van der Waals surface area (Å²) >= 11 is 3.45. The SMILES string of the molecule is Cc1cccc(N2C(=O)c3oc4ccccc4c(=O)c3C2c2ccc(Br)cc2)c1. The lowest BCUT2D eigenvalue weighted by atomic mass is 9.98. The van der Waals surface area contributed by atoms with Crippen molar-refractivity contribution in [1.82, 2.24) is 0 Å². The minimum atomic E-state index is -0.548. The van der Waals surface area contributed by atoms with Crippen molar-refractivity contribution in [3.8, 4) is 0 Å². The summed E-state index contributed by atoms with van der Waals surface area (Å²) in [5.41, 5.74) is 3.26. The van der Waals surface area contributed by atoms with Crippen LogP contribution in [0.3, 0.4) is 0 Å². The highest BCUT2D eigenvalue weighted by Gasteiger charge is 2.43. The summed E-state index contributed by atoms with van der Waals surface area (Å²) in [5.74, 6) is -0.190. The molecule has 29 heavy (non-hydrogen) atoms. The monoisotopic (exact) mass is 445 g/mol. The average Bonchev–Trinajstić information content (AvgIpc) is 3.02. The van der Waals surface area contributed by atoms with Crippen LogP contribution in [0.25, 0.3) is 11.0 Å². The zero-order chi connectivity index (χ0) is 20.1. The number of amides is 1. The van der Waals surface area contributed by atoms with Crippen molar-refractivity contribution in [3.05, 3.63) is 110 Å². The van der Waals surface area contributed by atoms with Crippen LogP contribution in [0.4, 0.5) is 5.69 Å². The molecule has 3 aromatic carbocycles. The van der Waals surface area contributed by atoms with E-state index in [0.717, 1.165) is 21.3 Å². The zero-order valence-corrected chi connectivity index (χ0v) is 17.1. The molecule has 1 aromatic heterocycles. The highest BCUT2D eigenvalue weighted by molar-refractivity contribution is 9.10. The van der Waals surface area contributed by atoms with Gasteiger partial charge >= 0.3 is 0 Å². The van der Waals surface area contributed by atoms with Crippen LogP contribution in [0.5, 0.6) is 0 Å². The quantitative estimate of drug-likeness (QED) is 0.402. The summed E-state index contributed by atoms with van der Waals surface area (Å²) < 4.78 is 6.88. The molecule has 0 spiro atoms. The normalized spacial score (nSPS) is 15.7. The van der Waals surface area contributed by atoms with E-state index in [1.807, 2.05) is 55.5 Å². The molecule has 5 rings (SSSR count). The molecule has 0 bridgehead atoms. The lowest BCUT2D eigenvalue weighted by Crippen LogP contribution is -2.29. The van der Waals surface area contributed by atoms with Crippen molar-refractivity contribution in [2.45, 2.75) is 13.0 Å². The summed E-state index contributed by atoms with van der Waals surface area (Å²) in [6.45, 7) is 1.98. The van der Waals surface area contributed by atoms with E-state index in [9.17, 15) is 9.59 Å². The molecule has 5 heteroatoms. The van der Waals surface area contributed by atoms with E-state index in [1.165, 1.54) is 0 Å². The van der Waals surface area contributed by atoms with E-state index in [2.05, 4.69) is 15.9 Å². The average molecular weight is 446 g/mol. The van der Waals surface area contributed by atoms with Gasteiger partial charge in [-0.2, -0.15) is 0 Å². The molecule has 0 fully saturated rings. The van der Waals surface area contributed by atoms with Crippen molar-refractivity contribution in [3.63, 3.8) is 0 Å². The number of hydrogen-bond acceptors (Lipinski definition) is 3. The van der Waals surface area contributed by atoms with Crippen molar-refractivity contribution >= 4 is 38.5 Å². The number of carbonyl (C=O) groups is 1. The van der Waals surface area contributed by atoms with Crippen LogP contribution in [0, 0.1) is 6.92 Å². The molecular weight excluding hydrogens is 430 g/mol. The maximum Gasteiger partial charge on any atom is 0.295 e. The first-order valence-electron chi connectivity index (χ1n) is 9.26. The van der Waals surface area contributed by atoms with Crippen LogP contribution in [0.1, 0.15) is 33.3 Å². The Bertz CT molecular complexity index is 1320. The van der Waals surface area contributed by atoms with Gasteiger partial charge in [0.25, 0.3) is 5.91 Å². The van der Waals surface area contributed by atoms with Gasteiger partial charge in [-0.3, -0.25) is 14.5 Å². The second-order valence-corrected chi connectivity index (χ2v) is 8.05. The van der Waals surface area contributed by atoms with Gasteiger partial charge in [-0.15, -0.1) is 0 Å². The number of para-hydroxylation sites is 1. The Balaban J connectivity index is 1.82. The van der Waals surface area contributed by atoms with Gasteiger partial charge in [-0.05, 0) is 54.4 Å². The number of anilines is 1. The van der Waals surface area contributed by atoms with Gasteiger partial charge in [0.15, 0.2) is 5.43 Å². The third kappa shape index (κ3) is 2.81. The Kier molecular flexibility index (Phi) is 4.14. The van der Waals surface area contributed by atoms with Crippen molar-refractivity contribution in [2.75, 3.05) is 4.90 Å². The minimum absolute atomic E-state index is 0.114. The van der Waals surface area contributed by atoms with Crippen LogP contribution < -0.4 is 10.3 Å². The van der Waals surface area contributed by atoms with Gasteiger partial charge in [0, 0.05) is 10.2 Å². The number of halogens is 1. The summed E-state index contributed by atoms with van der Waals surface area (Å²) in [4.78, 5) is 28.5. The Labute approximate surface area is 175 Å². The van der Waals surface area contributed by atoms with Crippen LogP contribution in [-0.4, -0.2) is 5.91 Å². The van der Waals surface area contributed by atoms with Crippen LogP contribution in [0.2, 0.25) is 0 Å². The lowest BCUT2D eigenvalue weighted by molar-refractivity contribution is 0.0971. The summed E-state index contributed by atoms with van der Waals surface area (Å²) in [7, 11) is 0. The molecule has 0 N–H and O–H groups in total. The first-order chi connectivity index (χ1) is 14.0. The molecule has 1 unspecified atom stereocenters. The van der Waals surface area contributed by atoms with Gasteiger partial charge in [0.2, 0.25) is 5.76 Å². The largest absolute Gasteiger partial charge is 0.450 e. The van der Waals surface area contributed by atoms with E-state index in [-0.39, 0.29) is 17.1 Å². The Morgan fingerprint density at radius 1 is 0.931 bits per heavy atom. The summed E-state index contributed by atoms with van der Waals surface area (Å²) in [6, 6.07) is 21.9. The van der Waals surface area contributed by atoms with Crippen molar-refractivity contribution in [1.29, 1.82) is 0 Å². The third-order valence-corrected chi connectivity index (χ3v) is 5.77. The van der Waals surface area contributed by atoms with Gasteiger partial charge in [-0.25, -0.2) is 0 Å². The number of fused-ring (bicyclic) bond motifs is 2. The first kappa shape index (κ1) is 17.9. The molecular formula is C24H16BrNO3. The number of nitrogens with zero attached hydrogens (tertiary/aromatic N) is 1. The van der Waals surface area contributed by atoms with Gasteiger partial charge in [-0.1, -0.05) is 52.3 Å². The fourth-order valence-electron chi connectivity index (χ4n) is 3.92. The van der Waals surface area contributed by atoms with E-state index in [1.54, 1.807) is 29.2 Å². The lowest BCUT2D eigenvalue weighted by Gasteiger charge is -2.25. The third-order valence-electron chi connectivity index (χ3n) is 5.24. The van der Waals surface area contributed by atoms with Crippen LogP contribution >= 0.6 is 15.9 Å². The molecule has 142 valence electrons. The molecule has 1 atom stereocenters. The van der Waals surface area contributed by atoms with E-state index in [0.29, 0.717) is 16.5 Å². The number of rotatable bonds is 2. The first-order valence-corrected chi connectivity index (χ1v) is 10.1. The molecule has 1 aliphatic rings. The Hall–Kier alpha value is -3.18. The predicted molar refractivity (Wildman–Crippen MR) is 116 cm³/mol. The highest BCUT2D eigenvalue weighted by Crippen LogP contribution is 2.41. The van der Waals surface area contributed by atoms with Gasteiger partial charge in [0.1, 0.15) is 5.58 Å². The fraction of sp³-hybridized carbons (Fsp3) is 0.0833. The summed E-state index contributed by atoms with van der Waals surface area (Å²) in [5, 5.41) is 0.479. The fourth-order valence-corrected chi connectivity index (χ4v) is 4.19. The standard InChI is InChI=1S/C24H16BrNO3/c1-14-5-4-6-17(13-14)26-21(15-9-11-16(25)12-10-15)20-22(27)18-7-2-3-8-19(18)29-23(20)24(26)28/h2-13,21H,1H3. The van der Waals surface area contributed by atoms with Crippen molar-refractivity contribution in [2.24, 2.45) is 0 Å². The Morgan fingerprint density at radius 3 is 2.45 bits per heavy atom. The topological polar surface area (TPSA) is 50.5 Å². The second kappa shape index (κ2) is 6.71. The van der Waals surface area contributed by atoms with E-state index < -0.39 is 6.04 Å². The van der Waals surface area contributed by atoms with Gasteiger partial charge in [0.05, 0.1) is 17.0 Å². The van der Waals surface area contributed by atoms with E-state index in [4.69, 9.17) is 4.42 Å². The highest BCUT2D eigenvalue weighted by atomic mass is 79.9. The maximum atomic E-state index is 13.4. The molecule has 2 heterocycles. The number of aryl methyl sites for hydroxylation is 1.